The van der Waals surface area contributed by atoms with E-state index in [-0.39, 0.29) is 11.9 Å². The van der Waals surface area contributed by atoms with Gasteiger partial charge in [-0.25, -0.2) is 0 Å². The van der Waals surface area contributed by atoms with E-state index in [1.54, 1.807) is 0 Å². The van der Waals surface area contributed by atoms with Crippen molar-refractivity contribution in [3.8, 4) is 0 Å². The molecule has 2 aliphatic rings. The van der Waals surface area contributed by atoms with Crippen LogP contribution in [0.5, 0.6) is 0 Å². The van der Waals surface area contributed by atoms with Crippen molar-refractivity contribution in [2.75, 3.05) is 19.7 Å². The molecule has 1 atom stereocenters. The van der Waals surface area contributed by atoms with Crippen LogP contribution in [-0.4, -0.2) is 37.7 Å². The number of piperidine rings is 1. The van der Waals surface area contributed by atoms with Crippen LogP contribution in [-0.2, 0) is 9.53 Å². The van der Waals surface area contributed by atoms with Crippen molar-refractivity contribution < 1.29 is 9.53 Å². The molecular formula is C13H24N2O2. The molecule has 0 radical (unpaired) electrons. The minimum atomic E-state index is 0.0234. The zero-order valence-corrected chi connectivity index (χ0v) is 10.5. The molecule has 1 saturated carbocycles. The molecule has 0 aromatic rings. The molecule has 2 rings (SSSR count). The van der Waals surface area contributed by atoms with E-state index in [2.05, 4.69) is 10.6 Å². The highest BCUT2D eigenvalue weighted by atomic mass is 16.5. The Morgan fingerprint density at radius 3 is 2.65 bits per heavy atom. The molecular weight excluding hydrogens is 216 g/mol. The van der Waals surface area contributed by atoms with Crippen LogP contribution in [0, 0.1) is 0 Å². The van der Waals surface area contributed by atoms with Crippen LogP contribution in [0.3, 0.4) is 0 Å². The molecule has 0 spiro atoms. The number of hydrogen-bond donors (Lipinski definition) is 2. The predicted molar refractivity (Wildman–Crippen MR) is 66.9 cm³/mol. The fourth-order valence-electron chi connectivity index (χ4n) is 2.65. The topological polar surface area (TPSA) is 50.4 Å². The SMILES string of the molecule is O=C(NCCOC1CCCC1)[C@H]1CCCCN1. The largest absolute Gasteiger partial charge is 0.376 e. The summed E-state index contributed by atoms with van der Waals surface area (Å²) in [6, 6.07) is 0.0234. The summed E-state index contributed by atoms with van der Waals surface area (Å²) in [5, 5.41) is 6.20. The molecule has 0 unspecified atom stereocenters. The summed E-state index contributed by atoms with van der Waals surface area (Å²) in [4.78, 5) is 11.8. The van der Waals surface area contributed by atoms with Crippen molar-refractivity contribution >= 4 is 5.91 Å². The summed E-state index contributed by atoms with van der Waals surface area (Å²) in [5.41, 5.74) is 0. The van der Waals surface area contributed by atoms with Crippen molar-refractivity contribution in [2.45, 2.75) is 57.1 Å². The lowest BCUT2D eigenvalue weighted by molar-refractivity contribution is -0.124. The zero-order valence-electron chi connectivity index (χ0n) is 10.5. The minimum absolute atomic E-state index is 0.0234. The van der Waals surface area contributed by atoms with Crippen molar-refractivity contribution in [2.24, 2.45) is 0 Å². The molecule has 1 heterocycles. The first-order valence-electron chi connectivity index (χ1n) is 6.99. The van der Waals surface area contributed by atoms with E-state index in [0.717, 1.165) is 19.4 Å². The van der Waals surface area contributed by atoms with Crippen LogP contribution in [0.2, 0.25) is 0 Å². The summed E-state index contributed by atoms with van der Waals surface area (Å²) < 4.78 is 5.71. The fraction of sp³-hybridized carbons (Fsp3) is 0.923. The lowest BCUT2D eigenvalue weighted by atomic mass is 10.0. The first-order valence-corrected chi connectivity index (χ1v) is 6.99. The second-order valence-electron chi connectivity index (χ2n) is 5.07. The van der Waals surface area contributed by atoms with Gasteiger partial charge in [-0.2, -0.15) is 0 Å². The molecule has 1 aliphatic heterocycles. The third-order valence-electron chi connectivity index (χ3n) is 3.68. The monoisotopic (exact) mass is 240 g/mol. The summed E-state index contributed by atoms with van der Waals surface area (Å²) in [5.74, 6) is 0.139. The van der Waals surface area contributed by atoms with Gasteiger partial charge in [0.2, 0.25) is 5.91 Å². The third-order valence-corrected chi connectivity index (χ3v) is 3.68. The predicted octanol–water partition coefficient (Wildman–Crippen LogP) is 1.20. The Labute approximate surface area is 103 Å². The van der Waals surface area contributed by atoms with Crippen molar-refractivity contribution in [3.63, 3.8) is 0 Å². The average molecular weight is 240 g/mol. The first kappa shape index (κ1) is 12.8. The molecule has 0 bridgehead atoms. The van der Waals surface area contributed by atoms with E-state index in [0.29, 0.717) is 19.3 Å². The van der Waals surface area contributed by atoms with Gasteiger partial charge in [0.25, 0.3) is 0 Å². The van der Waals surface area contributed by atoms with Crippen molar-refractivity contribution in [1.29, 1.82) is 0 Å². The number of carbonyl (C=O) groups excluding carboxylic acids is 1. The Morgan fingerprint density at radius 1 is 1.18 bits per heavy atom. The normalized spacial score (nSPS) is 26.0. The standard InChI is InChI=1S/C13H24N2O2/c16-13(12-7-3-4-8-14-12)15-9-10-17-11-5-1-2-6-11/h11-12,14H,1-10H2,(H,15,16)/t12-/m1/s1. The molecule has 1 saturated heterocycles. The first-order chi connectivity index (χ1) is 8.36. The van der Waals surface area contributed by atoms with Crippen LogP contribution in [0.15, 0.2) is 0 Å². The molecule has 4 nitrogen and oxygen atoms in total. The highest BCUT2D eigenvalue weighted by Gasteiger charge is 2.20. The van der Waals surface area contributed by atoms with Gasteiger partial charge in [0.15, 0.2) is 0 Å². The number of ether oxygens (including phenoxy) is 1. The Hall–Kier alpha value is -0.610. The van der Waals surface area contributed by atoms with Gasteiger partial charge in [-0.15, -0.1) is 0 Å². The van der Waals surface area contributed by atoms with Gasteiger partial charge < -0.3 is 15.4 Å². The molecule has 2 N–H and O–H groups in total. The molecule has 2 fully saturated rings. The van der Waals surface area contributed by atoms with Crippen LogP contribution in [0.4, 0.5) is 0 Å². The number of rotatable bonds is 5. The summed E-state index contributed by atoms with van der Waals surface area (Å²) in [6.07, 6.45) is 8.73. The second-order valence-corrected chi connectivity index (χ2v) is 5.07. The smallest absolute Gasteiger partial charge is 0.237 e. The summed E-state index contributed by atoms with van der Waals surface area (Å²) in [6.45, 7) is 2.27. The number of carbonyl (C=O) groups is 1. The fourth-order valence-corrected chi connectivity index (χ4v) is 2.65. The second kappa shape index (κ2) is 6.97. The number of amides is 1. The third kappa shape index (κ3) is 4.28. The van der Waals surface area contributed by atoms with Gasteiger partial charge in [-0.3, -0.25) is 4.79 Å². The highest BCUT2D eigenvalue weighted by Crippen LogP contribution is 2.20. The average Bonchev–Trinajstić information content (AvgIpc) is 2.88. The van der Waals surface area contributed by atoms with Gasteiger partial charge in [0.1, 0.15) is 0 Å². The van der Waals surface area contributed by atoms with Crippen LogP contribution in [0.1, 0.15) is 44.9 Å². The van der Waals surface area contributed by atoms with Crippen LogP contribution < -0.4 is 10.6 Å². The molecule has 1 amide bonds. The Bertz CT molecular complexity index is 234. The minimum Gasteiger partial charge on any atom is -0.376 e. The van der Waals surface area contributed by atoms with E-state index in [1.807, 2.05) is 0 Å². The quantitative estimate of drug-likeness (QED) is 0.710. The number of nitrogens with one attached hydrogen (secondary N) is 2. The molecule has 1 aliphatic carbocycles. The van der Waals surface area contributed by atoms with E-state index >= 15 is 0 Å². The maximum Gasteiger partial charge on any atom is 0.237 e. The van der Waals surface area contributed by atoms with Crippen LogP contribution >= 0.6 is 0 Å². The molecule has 98 valence electrons. The van der Waals surface area contributed by atoms with Gasteiger partial charge in [-0.05, 0) is 32.2 Å². The summed E-state index contributed by atoms with van der Waals surface area (Å²) >= 11 is 0. The van der Waals surface area contributed by atoms with Gasteiger partial charge in [-0.1, -0.05) is 19.3 Å². The lowest BCUT2D eigenvalue weighted by Crippen LogP contribution is -2.47. The van der Waals surface area contributed by atoms with Gasteiger partial charge >= 0.3 is 0 Å². The molecule has 0 aromatic carbocycles. The van der Waals surface area contributed by atoms with E-state index in [9.17, 15) is 4.79 Å². The molecule has 4 heteroatoms. The van der Waals surface area contributed by atoms with E-state index < -0.39 is 0 Å². The number of hydrogen-bond acceptors (Lipinski definition) is 3. The van der Waals surface area contributed by atoms with Crippen LogP contribution in [0.25, 0.3) is 0 Å². The molecule has 17 heavy (non-hydrogen) atoms. The Balaban J connectivity index is 1.53. The Kier molecular flexibility index (Phi) is 5.26. The van der Waals surface area contributed by atoms with E-state index in [4.69, 9.17) is 4.74 Å². The van der Waals surface area contributed by atoms with Gasteiger partial charge in [0.05, 0.1) is 18.8 Å². The lowest BCUT2D eigenvalue weighted by Gasteiger charge is -2.22. The van der Waals surface area contributed by atoms with Crippen molar-refractivity contribution in [3.05, 3.63) is 0 Å². The summed E-state index contributed by atoms with van der Waals surface area (Å²) in [7, 11) is 0. The Morgan fingerprint density at radius 2 is 1.94 bits per heavy atom. The van der Waals surface area contributed by atoms with Gasteiger partial charge in [0, 0.05) is 6.54 Å². The zero-order chi connectivity index (χ0) is 11.9. The maximum absolute atomic E-state index is 11.8. The molecule has 0 aromatic heterocycles. The highest BCUT2D eigenvalue weighted by molar-refractivity contribution is 5.81. The maximum atomic E-state index is 11.8. The van der Waals surface area contributed by atoms with Crippen molar-refractivity contribution in [1.82, 2.24) is 10.6 Å². The van der Waals surface area contributed by atoms with E-state index in [1.165, 1.54) is 32.1 Å².